The van der Waals surface area contributed by atoms with E-state index in [4.69, 9.17) is 5.73 Å². The maximum absolute atomic E-state index is 11.4. The second-order valence-electron chi connectivity index (χ2n) is 3.57. The van der Waals surface area contributed by atoms with Gasteiger partial charge in [0.25, 0.3) is 0 Å². The molecule has 5 nitrogen and oxygen atoms in total. The molecule has 6 heteroatoms. The molecule has 0 aromatic heterocycles. The fourth-order valence-corrected chi connectivity index (χ4v) is 2.25. The summed E-state index contributed by atoms with van der Waals surface area (Å²) in [5, 5.41) is 2.86. The van der Waals surface area contributed by atoms with Crippen LogP contribution in [0.15, 0.2) is 23.5 Å². The van der Waals surface area contributed by atoms with E-state index in [1.807, 2.05) is 13.0 Å². The van der Waals surface area contributed by atoms with E-state index in [9.17, 15) is 8.42 Å². The first kappa shape index (κ1) is 12.1. The summed E-state index contributed by atoms with van der Waals surface area (Å²) >= 11 is 0. The number of nitrogens with zero attached hydrogens (tertiary/aromatic N) is 1. The van der Waals surface area contributed by atoms with E-state index in [2.05, 4.69) is 5.32 Å². The van der Waals surface area contributed by atoms with Crippen LogP contribution in [0.2, 0.25) is 0 Å². The zero-order chi connectivity index (χ0) is 11.6. The first-order chi connectivity index (χ1) is 6.86. The predicted octanol–water partition coefficient (Wildman–Crippen LogP) is -0.404. The van der Waals surface area contributed by atoms with Crippen LogP contribution in [-0.2, 0) is 10.0 Å². The van der Waals surface area contributed by atoms with Crippen LogP contribution in [0.3, 0.4) is 0 Å². The molecule has 0 amide bonds. The molecule has 3 N–H and O–H groups in total. The number of rotatable bonds is 3. The van der Waals surface area contributed by atoms with Gasteiger partial charge in [0.2, 0.25) is 10.0 Å². The van der Waals surface area contributed by atoms with E-state index in [0.717, 1.165) is 5.57 Å². The van der Waals surface area contributed by atoms with Gasteiger partial charge >= 0.3 is 0 Å². The Morgan fingerprint density at radius 3 is 2.60 bits per heavy atom. The smallest absolute Gasteiger partial charge is 0.233 e. The van der Waals surface area contributed by atoms with Crippen molar-refractivity contribution in [2.45, 2.75) is 13.0 Å². The summed E-state index contributed by atoms with van der Waals surface area (Å²) in [7, 11) is -1.53. The average Bonchev–Trinajstić information content (AvgIpc) is 2.15. The van der Waals surface area contributed by atoms with Gasteiger partial charge in [-0.05, 0) is 18.6 Å². The van der Waals surface area contributed by atoms with Crippen molar-refractivity contribution in [3.8, 4) is 0 Å². The molecule has 0 fully saturated rings. The summed E-state index contributed by atoms with van der Waals surface area (Å²) in [5.74, 6) is 0.562. The van der Waals surface area contributed by atoms with E-state index in [0.29, 0.717) is 12.4 Å². The molecule has 86 valence electrons. The Morgan fingerprint density at radius 1 is 1.60 bits per heavy atom. The van der Waals surface area contributed by atoms with Gasteiger partial charge < -0.3 is 11.1 Å². The summed E-state index contributed by atoms with van der Waals surface area (Å²) in [5.41, 5.74) is 6.67. The first-order valence-electron chi connectivity index (χ1n) is 4.69. The summed E-state index contributed by atoms with van der Waals surface area (Å²) in [6, 6.07) is -0.0879. The molecule has 0 aliphatic carbocycles. The number of sulfonamides is 1. The Hall–Kier alpha value is -1.01. The molecule has 0 aromatic rings. The lowest BCUT2D eigenvalue weighted by molar-refractivity contribution is 0.483. The zero-order valence-corrected chi connectivity index (χ0v) is 10.0. The van der Waals surface area contributed by atoms with Crippen molar-refractivity contribution < 1.29 is 8.42 Å². The van der Waals surface area contributed by atoms with Crippen LogP contribution in [0.25, 0.3) is 0 Å². The second kappa shape index (κ2) is 4.24. The van der Waals surface area contributed by atoms with Crippen molar-refractivity contribution in [3.05, 3.63) is 23.5 Å². The van der Waals surface area contributed by atoms with Crippen LogP contribution >= 0.6 is 0 Å². The molecule has 0 bridgehead atoms. The zero-order valence-electron chi connectivity index (χ0n) is 9.19. The van der Waals surface area contributed by atoms with Gasteiger partial charge in [-0.2, -0.15) is 0 Å². The Morgan fingerprint density at radius 2 is 2.20 bits per heavy atom. The van der Waals surface area contributed by atoms with Gasteiger partial charge in [-0.1, -0.05) is 6.08 Å². The minimum atomic E-state index is -3.22. The Balaban J connectivity index is 3.01. The standard InChI is InChI=1S/C9H17N3O2S/c1-7(10)8-4-5-12(15(3,13)14)9(6-8)11-2/h4,6-7,11H,5,10H2,1-3H3/t7-/m0/s1. The van der Waals surface area contributed by atoms with Gasteiger partial charge in [0.1, 0.15) is 5.82 Å². The van der Waals surface area contributed by atoms with E-state index >= 15 is 0 Å². The maximum atomic E-state index is 11.4. The topological polar surface area (TPSA) is 75.4 Å². The van der Waals surface area contributed by atoms with Crippen molar-refractivity contribution in [2.24, 2.45) is 5.73 Å². The quantitative estimate of drug-likeness (QED) is 0.693. The normalized spacial score (nSPS) is 19.3. The highest BCUT2D eigenvalue weighted by Crippen LogP contribution is 2.17. The minimum Gasteiger partial charge on any atom is -0.374 e. The molecule has 0 spiro atoms. The molecule has 0 aromatic carbocycles. The fraction of sp³-hybridized carbons (Fsp3) is 0.556. The maximum Gasteiger partial charge on any atom is 0.233 e. The molecule has 0 saturated carbocycles. The molecular weight excluding hydrogens is 214 g/mol. The lowest BCUT2D eigenvalue weighted by Crippen LogP contribution is -2.38. The highest BCUT2D eigenvalue weighted by Gasteiger charge is 2.22. The number of nitrogens with one attached hydrogen (secondary N) is 1. The minimum absolute atomic E-state index is 0.0879. The third-order valence-electron chi connectivity index (χ3n) is 2.25. The van der Waals surface area contributed by atoms with Gasteiger partial charge in [0, 0.05) is 13.1 Å². The molecule has 15 heavy (non-hydrogen) atoms. The number of hydrogen-bond donors (Lipinski definition) is 2. The van der Waals surface area contributed by atoms with Crippen molar-refractivity contribution in [1.29, 1.82) is 0 Å². The van der Waals surface area contributed by atoms with Crippen LogP contribution < -0.4 is 11.1 Å². The van der Waals surface area contributed by atoms with Gasteiger partial charge in [-0.25, -0.2) is 8.42 Å². The highest BCUT2D eigenvalue weighted by molar-refractivity contribution is 7.88. The van der Waals surface area contributed by atoms with Gasteiger partial charge in [-0.3, -0.25) is 4.31 Å². The van der Waals surface area contributed by atoms with Crippen LogP contribution in [0.5, 0.6) is 0 Å². The average molecular weight is 231 g/mol. The Kier molecular flexibility index (Phi) is 3.41. The van der Waals surface area contributed by atoms with Crippen molar-refractivity contribution in [3.63, 3.8) is 0 Å². The van der Waals surface area contributed by atoms with Crippen molar-refractivity contribution >= 4 is 10.0 Å². The van der Waals surface area contributed by atoms with Gasteiger partial charge in [0.15, 0.2) is 0 Å². The third kappa shape index (κ3) is 2.73. The fourth-order valence-electron chi connectivity index (χ4n) is 1.40. The van der Waals surface area contributed by atoms with Crippen LogP contribution in [0.4, 0.5) is 0 Å². The lowest BCUT2D eigenvalue weighted by atomic mass is 10.1. The summed E-state index contributed by atoms with van der Waals surface area (Å²) < 4.78 is 24.1. The number of hydrogen-bond acceptors (Lipinski definition) is 4. The van der Waals surface area contributed by atoms with Crippen LogP contribution in [0.1, 0.15) is 6.92 Å². The monoisotopic (exact) mass is 231 g/mol. The summed E-state index contributed by atoms with van der Waals surface area (Å²) in [6.45, 7) is 2.20. The lowest BCUT2D eigenvalue weighted by Gasteiger charge is -2.28. The molecule has 1 heterocycles. The van der Waals surface area contributed by atoms with Gasteiger partial charge in [-0.15, -0.1) is 0 Å². The molecule has 1 rings (SSSR count). The molecule has 0 radical (unpaired) electrons. The molecule has 1 aliphatic rings. The van der Waals surface area contributed by atoms with E-state index in [-0.39, 0.29) is 6.04 Å². The number of nitrogens with two attached hydrogens (primary N) is 1. The van der Waals surface area contributed by atoms with Gasteiger partial charge in [0.05, 0.1) is 12.8 Å². The summed E-state index contributed by atoms with van der Waals surface area (Å²) in [6.07, 6.45) is 4.77. The van der Waals surface area contributed by atoms with Crippen molar-refractivity contribution in [1.82, 2.24) is 9.62 Å². The predicted molar refractivity (Wildman–Crippen MR) is 60.4 cm³/mol. The van der Waals surface area contributed by atoms with E-state index in [1.54, 1.807) is 13.1 Å². The second-order valence-corrected chi connectivity index (χ2v) is 5.47. The third-order valence-corrected chi connectivity index (χ3v) is 3.39. The molecule has 1 atom stereocenters. The van der Waals surface area contributed by atoms with E-state index < -0.39 is 10.0 Å². The van der Waals surface area contributed by atoms with Crippen LogP contribution in [-0.4, -0.2) is 38.6 Å². The summed E-state index contributed by atoms with van der Waals surface area (Å²) in [4.78, 5) is 0. The molecule has 1 aliphatic heterocycles. The largest absolute Gasteiger partial charge is 0.374 e. The highest BCUT2D eigenvalue weighted by atomic mass is 32.2. The van der Waals surface area contributed by atoms with Crippen LogP contribution in [0, 0.1) is 0 Å². The van der Waals surface area contributed by atoms with Crippen molar-refractivity contribution in [2.75, 3.05) is 19.8 Å². The molecular formula is C9H17N3O2S. The Labute approximate surface area is 90.7 Å². The van der Waals surface area contributed by atoms with E-state index in [1.165, 1.54) is 10.6 Å². The SMILES string of the molecule is CNC1=CC([C@H](C)N)=CCN1S(C)(=O)=O. The Bertz CT molecular complexity index is 396. The molecule has 0 unspecified atom stereocenters. The molecule has 0 saturated heterocycles. The first-order valence-corrected chi connectivity index (χ1v) is 6.54.